The van der Waals surface area contributed by atoms with E-state index in [0.717, 1.165) is 0 Å². The van der Waals surface area contributed by atoms with E-state index in [9.17, 15) is 14.4 Å². The van der Waals surface area contributed by atoms with Crippen molar-refractivity contribution >= 4 is 18.4 Å². The monoisotopic (exact) mass is 162 g/mol. The van der Waals surface area contributed by atoms with Crippen molar-refractivity contribution in [3.05, 3.63) is 35.4 Å². The Morgan fingerprint density at radius 2 is 1.67 bits per heavy atom. The highest BCUT2D eigenvalue weighted by Crippen LogP contribution is 2.01. The average molecular weight is 162 g/mol. The molecule has 0 saturated carbocycles. The number of hydrogen-bond acceptors (Lipinski definition) is 3. The van der Waals surface area contributed by atoms with Crippen LogP contribution in [0, 0.1) is 0 Å². The number of carbonyl (C=O) groups excluding carboxylic acids is 3. The molecule has 0 fully saturated rings. The van der Waals surface area contributed by atoms with Gasteiger partial charge in [0.1, 0.15) is 6.29 Å². The summed E-state index contributed by atoms with van der Waals surface area (Å²) < 4.78 is 0. The number of hydrogen-bond donors (Lipinski definition) is 0. The maximum absolute atomic E-state index is 10.8. The average Bonchev–Trinajstić information content (AvgIpc) is 2.17. The van der Waals surface area contributed by atoms with Crippen LogP contribution in [-0.2, 0) is 4.79 Å². The van der Waals surface area contributed by atoms with Gasteiger partial charge in [-0.1, -0.05) is 24.3 Å². The molecule has 1 rings (SSSR count). The molecular weight excluding hydrogens is 156 g/mol. The lowest BCUT2D eigenvalue weighted by molar-refractivity contribution is -0.104. The second kappa shape index (κ2) is 3.57. The Kier molecular flexibility index (Phi) is 2.48. The Balaban J connectivity index is 2.99. The van der Waals surface area contributed by atoms with E-state index in [1.54, 1.807) is 0 Å². The SMILES string of the molecule is O=CC(=O)c1ccc(C=O)cc1. The summed E-state index contributed by atoms with van der Waals surface area (Å²) >= 11 is 0. The zero-order valence-electron chi connectivity index (χ0n) is 6.19. The minimum atomic E-state index is -0.576. The van der Waals surface area contributed by atoms with Crippen molar-refractivity contribution in [3.8, 4) is 0 Å². The summed E-state index contributed by atoms with van der Waals surface area (Å²) in [5.41, 5.74) is 0.785. The van der Waals surface area contributed by atoms with Gasteiger partial charge in [0.15, 0.2) is 6.29 Å². The Bertz CT molecular complexity index is 311. The van der Waals surface area contributed by atoms with Gasteiger partial charge >= 0.3 is 0 Å². The first-order valence-corrected chi connectivity index (χ1v) is 3.32. The molecule has 0 amide bonds. The van der Waals surface area contributed by atoms with Crippen LogP contribution in [0.4, 0.5) is 0 Å². The molecule has 0 atom stereocenters. The van der Waals surface area contributed by atoms with Crippen LogP contribution in [0.1, 0.15) is 20.7 Å². The first kappa shape index (κ1) is 8.33. The van der Waals surface area contributed by atoms with Gasteiger partial charge in [-0.25, -0.2) is 0 Å². The Morgan fingerprint density at radius 1 is 1.08 bits per heavy atom. The number of carbonyl (C=O) groups is 3. The third kappa shape index (κ3) is 1.63. The van der Waals surface area contributed by atoms with E-state index in [4.69, 9.17) is 0 Å². The van der Waals surface area contributed by atoms with Gasteiger partial charge in [-0.2, -0.15) is 0 Å². The Labute approximate surface area is 69.0 Å². The smallest absolute Gasteiger partial charge is 0.225 e. The van der Waals surface area contributed by atoms with Crippen LogP contribution in [0.15, 0.2) is 24.3 Å². The van der Waals surface area contributed by atoms with Crippen molar-refractivity contribution in [2.75, 3.05) is 0 Å². The third-order valence-corrected chi connectivity index (χ3v) is 1.44. The molecule has 0 aromatic heterocycles. The number of rotatable bonds is 3. The van der Waals surface area contributed by atoms with Crippen molar-refractivity contribution in [1.29, 1.82) is 0 Å². The molecule has 0 aliphatic rings. The van der Waals surface area contributed by atoms with Crippen LogP contribution in [0.3, 0.4) is 0 Å². The highest BCUT2D eigenvalue weighted by molar-refractivity contribution is 6.33. The van der Waals surface area contributed by atoms with Crippen molar-refractivity contribution in [2.45, 2.75) is 0 Å². The Morgan fingerprint density at radius 3 is 2.08 bits per heavy atom. The van der Waals surface area contributed by atoms with E-state index < -0.39 is 5.78 Å². The van der Waals surface area contributed by atoms with E-state index in [1.165, 1.54) is 24.3 Å². The second-order valence-corrected chi connectivity index (χ2v) is 2.22. The van der Waals surface area contributed by atoms with Crippen molar-refractivity contribution < 1.29 is 14.4 Å². The first-order valence-electron chi connectivity index (χ1n) is 3.32. The minimum absolute atomic E-state index is 0.246. The topological polar surface area (TPSA) is 51.2 Å². The van der Waals surface area contributed by atoms with Gasteiger partial charge in [-0.15, -0.1) is 0 Å². The maximum atomic E-state index is 10.8. The normalized spacial score (nSPS) is 9.00. The summed E-state index contributed by atoms with van der Waals surface area (Å²) in [5, 5.41) is 0. The van der Waals surface area contributed by atoms with Gasteiger partial charge in [0.05, 0.1) is 0 Å². The summed E-state index contributed by atoms with van der Waals surface area (Å²) in [7, 11) is 0. The summed E-state index contributed by atoms with van der Waals surface area (Å²) in [6, 6.07) is 5.87. The van der Waals surface area contributed by atoms with Gasteiger partial charge < -0.3 is 0 Å². The molecule has 0 bridgehead atoms. The molecule has 0 radical (unpaired) electrons. The molecular formula is C9H6O3. The summed E-state index contributed by atoms with van der Waals surface area (Å²) in [6.45, 7) is 0. The molecule has 0 spiro atoms. The largest absolute Gasteiger partial charge is 0.298 e. The van der Waals surface area contributed by atoms with Crippen molar-refractivity contribution in [2.24, 2.45) is 0 Å². The summed E-state index contributed by atoms with van der Waals surface area (Å²) in [5.74, 6) is -0.576. The molecule has 3 nitrogen and oxygen atoms in total. The van der Waals surface area contributed by atoms with E-state index in [2.05, 4.69) is 0 Å². The third-order valence-electron chi connectivity index (χ3n) is 1.44. The molecule has 60 valence electrons. The molecule has 0 unspecified atom stereocenters. The fourth-order valence-electron chi connectivity index (χ4n) is 0.794. The Hall–Kier alpha value is -1.77. The predicted octanol–water partition coefficient (Wildman–Crippen LogP) is 0.881. The molecule has 0 heterocycles. The maximum Gasteiger partial charge on any atom is 0.225 e. The van der Waals surface area contributed by atoms with Crippen molar-refractivity contribution in [1.82, 2.24) is 0 Å². The first-order chi connectivity index (χ1) is 5.77. The lowest BCUT2D eigenvalue weighted by Gasteiger charge is -1.92. The predicted molar refractivity (Wildman–Crippen MR) is 42.2 cm³/mol. The number of benzene rings is 1. The van der Waals surface area contributed by atoms with Crippen LogP contribution < -0.4 is 0 Å². The summed E-state index contributed by atoms with van der Waals surface area (Å²) in [6.07, 6.45) is 0.922. The summed E-state index contributed by atoms with van der Waals surface area (Å²) in [4.78, 5) is 31.0. The minimum Gasteiger partial charge on any atom is -0.298 e. The van der Waals surface area contributed by atoms with Gasteiger partial charge in [0.2, 0.25) is 5.78 Å². The molecule has 0 saturated heterocycles. The van der Waals surface area contributed by atoms with Crippen LogP contribution in [0.5, 0.6) is 0 Å². The lowest BCUT2D eigenvalue weighted by Crippen LogP contribution is -1.99. The molecule has 1 aromatic carbocycles. The van der Waals surface area contributed by atoms with Gasteiger partial charge in [-0.3, -0.25) is 14.4 Å². The molecule has 3 heteroatoms. The number of ketones is 1. The van der Waals surface area contributed by atoms with E-state index in [-0.39, 0.29) is 6.29 Å². The fourth-order valence-corrected chi connectivity index (χ4v) is 0.794. The molecule has 1 aromatic rings. The lowest BCUT2D eigenvalue weighted by atomic mass is 10.1. The van der Waals surface area contributed by atoms with Crippen LogP contribution in [0.25, 0.3) is 0 Å². The number of Topliss-reactive ketones (excluding diaryl/α,β-unsaturated/α-hetero) is 1. The molecule has 0 aliphatic heterocycles. The van der Waals surface area contributed by atoms with Gasteiger partial charge in [-0.05, 0) is 0 Å². The molecule has 0 N–H and O–H groups in total. The fraction of sp³-hybridized carbons (Fsp3) is 0. The quantitative estimate of drug-likeness (QED) is 0.376. The second-order valence-electron chi connectivity index (χ2n) is 2.22. The van der Waals surface area contributed by atoms with Crippen molar-refractivity contribution in [3.63, 3.8) is 0 Å². The van der Waals surface area contributed by atoms with Crippen LogP contribution in [0.2, 0.25) is 0 Å². The standard InChI is InChI=1S/C9H6O3/c10-5-7-1-3-8(4-2-7)9(12)6-11/h1-6H. The highest BCUT2D eigenvalue weighted by Gasteiger charge is 2.01. The van der Waals surface area contributed by atoms with Crippen LogP contribution in [-0.4, -0.2) is 18.4 Å². The zero-order valence-corrected chi connectivity index (χ0v) is 6.19. The molecule has 12 heavy (non-hydrogen) atoms. The molecule has 0 aliphatic carbocycles. The van der Waals surface area contributed by atoms with Gasteiger partial charge in [0.25, 0.3) is 0 Å². The van der Waals surface area contributed by atoms with E-state index in [0.29, 0.717) is 17.4 Å². The van der Waals surface area contributed by atoms with E-state index >= 15 is 0 Å². The number of aldehydes is 2. The van der Waals surface area contributed by atoms with Crippen LogP contribution >= 0.6 is 0 Å². The van der Waals surface area contributed by atoms with Gasteiger partial charge in [0, 0.05) is 11.1 Å². The van der Waals surface area contributed by atoms with E-state index in [1.807, 2.05) is 0 Å². The zero-order chi connectivity index (χ0) is 8.97. The highest BCUT2D eigenvalue weighted by atomic mass is 16.2.